The number of carbonyl (C=O) groups is 2. The van der Waals surface area contributed by atoms with Crippen LogP contribution >= 0.6 is 11.6 Å². The van der Waals surface area contributed by atoms with Gasteiger partial charge in [0.2, 0.25) is 5.91 Å². The second-order valence-corrected chi connectivity index (χ2v) is 8.48. The maximum absolute atomic E-state index is 14.7. The summed E-state index contributed by atoms with van der Waals surface area (Å²) in [4.78, 5) is 32.3. The fourth-order valence-corrected chi connectivity index (χ4v) is 4.69. The Balaban J connectivity index is 1.66. The second kappa shape index (κ2) is 8.86. The maximum atomic E-state index is 14.7. The molecule has 1 aromatic heterocycles. The van der Waals surface area contributed by atoms with Crippen LogP contribution in [0.4, 0.5) is 4.39 Å². The van der Waals surface area contributed by atoms with Crippen molar-refractivity contribution in [3.8, 4) is 5.75 Å². The third kappa shape index (κ3) is 4.06. The Labute approximate surface area is 195 Å². The van der Waals surface area contributed by atoms with Gasteiger partial charge in [-0.1, -0.05) is 29.8 Å². The zero-order valence-electron chi connectivity index (χ0n) is 17.8. The number of nitrogens with one attached hydrogen (secondary N) is 1. The highest BCUT2D eigenvalue weighted by molar-refractivity contribution is 6.33. The van der Waals surface area contributed by atoms with Gasteiger partial charge < -0.3 is 19.5 Å². The number of amides is 2. The Hall–Kier alpha value is -3.39. The van der Waals surface area contributed by atoms with E-state index >= 15 is 0 Å². The second-order valence-electron chi connectivity index (χ2n) is 8.08. The summed E-state index contributed by atoms with van der Waals surface area (Å²) in [5.41, 5.74) is 2.16. The molecule has 9 heteroatoms. The third-order valence-electron chi connectivity index (χ3n) is 5.96. The topological polar surface area (TPSA) is 76.5 Å². The van der Waals surface area contributed by atoms with Crippen LogP contribution in [0, 0.1) is 5.82 Å². The minimum absolute atomic E-state index is 0.0559. The lowest BCUT2D eigenvalue weighted by Crippen LogP contribution is -2.42. The number of ether oxygens (including phenoxy) is 1. The van der Waals surface area contributed by atoms with Crippen molar-refractivity contribution in [2.45, 2.75) is 25.4 Å². The molecule has 2 bridgehead atoms. The molecule has 7 nitrogen and oxygen atoms in total. The summed E-state index contributed by atoms with van der Waals surface area (Å²) in [6, 6.07) is 11.1. The lowest BCUT2D eigenvalue weighted by molar-refractivity contribution is -0.121. The molecule has 5 rings (SSSR count). The predicted octanol–water partition coefficient (Wildman–Crippen LogP) is 3.36. The molecule has 1 atom stereocenters. The molecule has 3 heterocycles. The highest BCUT2D eigenvalue weighted by Gasteiger charge is 2.37. The van der Waals surface area contributed by atoms with Gasteiger partial charge in [0.05, 0.1) is 40.9 Å². The van der Waals surface area contributed by atoms with Crippen molar-refractivity contribution in [2.75, 3.05) is 19.7 Å². The van der Waals surface area contributed by atoms with E-state index in [0.717, 1.165) is 17.0 Å². The Kier molecular flexibility index (Phi) is 5.76. The normalized spacial score (nSPS) is 18.2. The molecule has 33 heavy (non-hydrogen) atoms. The Morgan fingerprint density at radius 1 is 1.24 bits per heavy atom. The van der Waals surface area contributed by atoms with Crippen molar-refractivity contribution < 1.29 is 18.7 Å². The Morgan fingerprint density at radius 3 is 2.94 bits per heavy atom. The molecule has 2 aliphatic heterocycles. The van der Waals surface area contributed by atoms with Crippen molar-refractivity contribution in [1.29, 1.82) is 0 Å². The summed E-state index contributed by atoms with van der Waals surface area (Å²) in [5, 5.41) is 2.95. The van der Waals surface area contributed by atoms with E-state index in [9.17, 15) is 14.0 Å². The first kappa shape index (κ1) is 21.5. The number of carbonyl (C=O) groups excluding carboxylic acids is 2. The highest BCUT2D eigenvalue weighted by atomic mass is 35.5. The van der Waals surface area contributed by atoms with Gasteiger partial charge in [-0.25, -0.2) is 9.37 Å². The van der Waals surface area contributed by atoms with Gasteiger partial charge in [0, 0.05) is 19.5 Å². The van der Waals surface area contributed by atoms with Crippen LogP contribution in [0.15, 0.2) is 48.8 Å². The van der Waals surface area contributed by atoms with E-state index in [4.69, 9.17) is 16.3 Å². The van der Waals surface area contributed by atoms with Crippen LogP contribution in [0.2, 0.25) is 5.02 Å². The molecule has 0 saturated heterocycles. The first-order valence-electron chi connectivity index (χ1n) is 10.8. The van der Waals surface area contributed by atoms with Gasteiger partial charge in [-0.2, -0.15) is 0 Å². The maximum Gasteiger partial charge on any atom is 0.259 e. The summed E-state index contributed by atoms with van der Waals surface area (Å²) >= 11 is 6.23. The van der Waals surface area contributed by atoms with Crippen LogP contribution in [0.25, 0.3) is 0 Å². The predicted molar refractivity (Wildman–Crippen MR) is 120 cm³/mol. The van der Waals surface area contributed by atoms with Gasteiger partial charge in [-0.05, 0) is 36.2 Å². The van der Waals surface area contributed by atoms with Crippen molar-refractivity contribution in [1.82, 2.24) is 19.8 Å². The Morgan fingerprint density at radius 2 is 2.09 bits per heavy atom. The molecular weight excluding hydrogens is 447 g/mol. The molecule has 170 valence electrons. The fourth-order valence-electron chi connectivity index (χ4n) is 4.45. The van der Waals surface area contributed by atoms with Crippen LogP contribution in [0.5, 0.6) is 5.75 Å². The van der Waals surface area contributed by atoms with E-state index in [1.54, 1.807) is 15.8 Å². The monoisotopic (exact) mass is 468 g/mol. The minimum atomic E-state index is -0.673. The standard InChI is InChI=1S/C24H22ClFN4O3/c25-17-6-2-7-18(26)21(17)24(32)30-10-8-19-23-22(30)15-4-1-5-16(12-15)33-11-3-9-27-20(31)13-29(23)14-28-19/h1-2,4-7,12,14,22H,3,8-11,13H2,(H,27,31). The number of rotatable bonds is 1. The number of fused-ring (bicyclic) bond motifs is 3. The Bertz CT molecular complexity index is 1210. The first-order valence-corrected chi connectivity index (χ1v) is 11.2. The van der Waals surface area contributed by atoms with Crippen LogP contribution in [-0.4, -0.2) is 46.0 Å². The number of halogens is 2. The van der Waals surface area contributed by atoms with Gasteiger partial charge >= 0.3 is 0 Å². The van der Waals surface area contributed by atoms with E-state index in [2.05, 4.69) is 10.3 Å². The SMILES string of the molecule is O=C1Cn2cnc3c2C(c2cccc(c2)OCCCN1)N(C(=O)c1c(F)cccc1Cl)CC3. The molecule has 2 aromatic carbocycles. The molecule has 1 unspecified atom stereocenters. The number of hydrogen-bond acceptors (Lipinski definition) is 4. The molecular formula is C24H22ClFN4O3. The van der Waals surface area contributed by atoms with Crippen LogP contribution in [0.1, 0.15) is 39.8 Å². The lowest BCUT2D eigenvalue weighted by atomic mass is 9.94. The zero-order valence-corrected chi connectivity index (χ0v) is 18.5. The van der Waals surface area contributed by atoms with E-state index < -0.39 is 17.8 Å². The highest BCUT2D eigenvalue weighted by Crippen LogP contribution is 2.38. The van der Waals surface area contributed by atoms with Crippen molar-refractivity contribution in [2.24, 2.45) is 0 Å². The number of benzene rings is 2. The van der Waals surface area contributed by atoms with Gasteiger partial charge in [0.15, 0.2) is 0 Å². The first-order chi connectivity index (χ1) is 16.0. The number of aromatic nitrogens is 2. The molecule has 2 aliphatic rings. The van der Waals surface area contributed by atoms with Crippen LogP contribution in [-0.2, 0) is 17.8 Å². The molecule has 0 saturated carbocycles. The smallest absolute Gasteiger partial charge is 0.259 e. The van der Waals surface area contributed by atoms with Crippen molar-refractivity contribution >= 4 is 23.4 Å². The average molecular weight is 469 g/mol. The van der Waals surface area contributed by atoms with Gasteiger partial charge in [0.1, 0.15) is 18.1 Å². The van der Waals surface area contributed by atoms with Crippen LogP contribution in [0.3, 0.4) is 0 Å². The summed E-state index contributed by atoms with van der Waals surface area (Å²) in [7, 11) is 0. The van der Waals surface area contributed by atoms with E-state index in [1.165, 1.54) is 18.2 Å². The van der Waals surface area contributed by atoms with Gasteiger partial charge in [0.25, 0.3) is 5.91 Å². The van der Waals surface area contributed by atoms with Gasteiger partial charge in [-0.15, -0.1) is 0 Å². The number of imidazole rings is 1. The summed E-state index contributed by atoms with van der Waals surface area (Å²) in [6.45, 7) is 1.34. The summed E-state index contributed by atoms with van der Waals surface area (Å²) < 4.78 is 22.3. The largest absolute Gasteiger partial charge is 0.494 e. The van der Waals surface area contributed by atoms with Crippen molar-refractivity contribution in [3.63, 3.8) is 0 Å². The molecule has 3 aromatic rings. The zero-order chi connectivity index (χ0) is 22.9. The van der Waals surface area contributed by atoms with Gasteiger partial charge in [-0.3, -0.25) is 9.59 Å². The average Bonchev–Trinajstić information content (AvgIpc) is 3.20. The third-order valence-corrected chi connectivity index (χ3v) is 6.27. The lowest BCUT2D eigenvalue weighted by Gasteiger charge is -2.37. The molecule has 0 aliphatic carbocycles. The summed E-state index contributed by atoms with van der Waals surface area (Å²) in [6.07, 6.45) is 2.77. The van der Waals surface area contributed by atoms with Crippen LogP contribution < -0.4 is 10.1 Å². The van der Waals surface area contributed by atoms with E-state index in [1.807, 2.05) is 24.3 Å². The quantitative estimate of drug-likeness (QED) is 0.594. The molecule has 0 radical (unpaired) electrons. The summed E-state index contributed by atoms with van der Waals surface area (Å²) in [5.74, 6) is -0.678. The van der Waals surface area contributed by atoms with Crippen molar-refractivity contribution in [3.05, 3.63) is 82.1 Å². The molecule has 0 spiro atoms. The van der Waals surface area contributed by atoms with E-state index in [0.29, 0.717) is 38.3 Å². The molecule has 1 N–H and O–H groups in total. The van der Waals surface area contributed by atoms with E-state index in [-0.39, 0.29) is 23.0 Å². The number of nitrogens with zero attached hydrogens (tertiary/aromatic N) is 3. The number of hydrogen-bond donors (Lipinski definition) is 1. The minimum Gasteiger partial charge on any atom is -0.494 e. The molecule has 0 fully saturated rings. The molecule has 2 amide bonds. The fraction of sp³-hybridized carbons (Fsp3) is 0.292.